The fourth-order valence-corrected chi connectivity index (χ4v) is 4.87. The first-order valence-corrected chi connectivity index (χ1v) is 10.4. The van der Waals surface area contributed by atoms with Gasteiger partial charge in [0.2, 0.25) is 10.0 Å². The average Bonchev–Trinajstić information content (AvgIpc) is 2.97. The Balaban J connectivity index is 1.80. The van der Waals surface area contributed by atoms with E-state index in [4.69, 9.17) is 0 Å². The number of benzene rings is 1. The Morgan fingerprint density at radius 2 is 1.81 bits per heavy atom. The van der Waals surface area contributed by atoms with Gasteiger partial charge in [0.25, 0.3) is 0 Å². The van der Waals surface area contributed by atoms with Crippen LogP contribution in [0.15, 0.2) is 35.2 Å². The number of hydrogen-bond acceptors (Lipinski definition) is 5. The summed E-state index contributed by atoms with van der Waals surface area (Å²) < 4.78 is 28.4. The van der Waals surface area contributed by atoms with Crippen LogP contribution in [0.4, 0.5) is 0 Å². The van der Waals surface area contributed by atoms with Gasteiger partial charge in [0.1, 0.15) is 4.90 Å². The summed E-state index contributed by atoms with van der Waals surface area (Å²) in [4.78, 5) is 4.90. The van der Waals surface area contributed by atoms with Crippen LogP contribution in [0, 0.1) is 13.8 Å². The standard InChI is InChI=1S/C18H27N5O2S/c1-14-18(15(2)21-20-14)26(24,25)19-13-17(16-7-5-4-6-8-16)23-11-9-22(3)10-12-23/h4-8,17,19H,9-13H2,1-3H3,(H,20,21). The van der Waals surface area contributed by atoms with E-state index in [-0.39, 0.29) is 10.9 Å². The summed E-state index contributed by atoms with van der Waals surface area (Å²) >= 11 is 0. The van der Waals surface area contributed by atoms with E-state index in [2.05, 4.69) is 43.9 Å². The van der Waals surface area contributed by atoms with Crippen molar-refractivity contribution < 1.29 is 8.42 Å². The summed E-state index contributed by atoms with van der Waals surface area (Å²) in [5.74, 6) is 0. The molecule has 0 aliphatic carbocycles. The first-order chi connectivity index (χ1) is 12.4. The fourth-order valence-electron chi connectivity index (χ4n) is 3.46. The molecule has 0 bridgehead atoms. The Morgan fingerprint density at radius 1 is 1.15 bits per heavy atom. The number of aryl methyl sites for hydroxylation is 2. The minimum atomic E-state index is -3.61. The maximum Gasteiger partial charge on any atom is 0.244 e. The normalized spacial score (nSPS) is 18.1. The van der Waals surface area contributed by atoms with Crippen LogP contribution in [0.1, 0.15) is 23.0 Å². The Labute approximate surface area is 155 Å². The first-order valence-electron chi connectivity index (χ1n) is 8.87. The third-order valence-electron chi connectivity index (χ3n) is 4.96. The number of likely N-dealkylation sites (N-methyl/N-ethyl adjacent to an activating group) is 1. The predicted octanol–water partition coefficient (Wildman–Crippen LogP) is 1.29. The van der Waals surface area contributed by atoms with Crippen LogP contribution in [0.3, 0.4) is 0 Å². The quantitative estimate of drug-likeness (QED) is 0.793. The number of rotatable bonds is 6. The van der Waals surface area contributed by atoms with E-state index in [0.29, 0.717) is 17.9 Å². The molecule has 0 spiro atoms. The molecule has 2 aromatic rings. The van der Waals surface area contributed by atoms with Crippen molar-refractivity contribution in [2.75, 3.05) is 39.8 Å². The zero-order valence-corrected chi connectivity index (χ0v) is 16.4. The molecule has 1 unspecified atom stereocenters. The maximum atomic E-state index is 12.8. The molecule has 1 aromatic carbocycles. The lowest BCUT2D eigenvalue weighted by molar-refractivity contribution is 0.113. The van der Waals surface area contributed by atoms with Crippen molar-refractivity contribution in [3.63, 3.8) is 0 Å². The number of aromatic amines is 1. The largest absolute Gasteiger partial charge is 0.304 e. The second-order valence-electron chi connectivity index (χ2n) is 6.88. The minimum absolute atomic E-state index is 0.00666. The zero-order chi connectivity index (χ0) is 18.7. The van der Waals surface area contributed by atoms with Crippen molar-refractivity contribution in [2.24, 2.45) is 0 Å². The van der Waals surface area contributed by atoms with Gasteiger partial charge in [-0.05, 0) is 26.5 Å². The van der Waals surface area contributed by atoms with Gasteiger partial charge >= 0.3 is 0 Å². The van der Waals surface area contributed by atoms with Crippen molar-refractivity contribution in [3.8, 4) is 0 Å². The molecule has 1 aromatic heterocycles. The fraction of sp³-hybridized carbons (Fsp3) is 0.500. The smallest absolute Gasteiger partial charge is 0.244 e. The van der Waals surface area contributed by atoms with Crippen molar-refractivity contribution in [1.29, 1.82) is 0 Å². The highest BCUT2D eigenvalue weighted by molar-refractivity contribution is 7.89. The van der Waals surface area contributed by atoms with E-state index in [1.807, 2.05) is 18.2 Å². The monoisotopic (exact) mass is 377 g/mol. The lowest BCUT2D eigenvalue weighted by Crippen LogP contribution is -2.48. The van der Waals surface area contributed by atoms with E-state index in [1.165, 1.54) is 0 Å². The number of piperazine rings is 1. The van der Waals surface area contributed by atoms with Gasteiger partial charge in [0, 0.05) is 38.8 Å². The van der Waals surface area contributed by atoms with Gasteiger partial charge in [0.05, 0.1) is 11.4 Å². The molecule has 8 heteroatoms. The Morgan fingerprint density at radius 3 is 2.38 bits per heavy atom. The zero-order valence-electron chi connectivity index (χ0n) is 15.6. The summed E-state index contributed by atoms with van der Waals surface area (Å²) in [7, 11) is -1.50. The van der Waals surface area contributed by atoms with Crippen LogP contribution in [0.2, 0.25) is 0 Å². The Bertz CT molecular complexity index is 807. The van der Waals surface area contributed by atoms with Gasteiger partial charge < -0.3 is 4.90 Å². The summed E-state index contributed by atoms with van der Waals surface area (Å²) in [5, 5.41) is 6.75. The van der Waals surface area contributed by atoms with Crippen LogP contribution < -0.4 is 4.72 Å². The van der Waals surface area contributed by atoms with E-state index >= 15 is 0 Å². The van der Waals surface area contributed by atoms with Crippen LogP contribution in [0.5, 0.6) is 0 Å². The molecule has 26 heavy (non-hydrogen) atoms. The van der Waals surface area contributed by atoms with Gasteiger partial charge in [-0.25, -0.2) is 13.1 Å². The molecule has 7 nitrogen and oxygen atoms in total. The number of nitrogens with one attached hydrogen (secondary N) is 2. The molecule has 1 atom stereocenters. The van der Waals surface area contributed by atoms with Gasteiger partial charge in [-0.15, -0.1) is 0 Å². The van der Waals surface area contributed by atoms with Crippen LogP contribution in [-0.2, 0) is 10.0 Å². The van der Waals surface area contributed by atoms with Crippen LogP contribution in [0.25, 0.3) is 0 Å². The predicted molar refractivity (Wildman–Crippen MR) is 102 cm³/mol. The van der Waals surface area contributed by atoms with E-state index in [9.17, 15) is 8.42 Å². The van der Waals surface area contributed by atoms with E-state index < -0.39 is 10.0 Å². The molecule has 142 valence electrons. The van der Waals surface area contributed by atoms with Crippen molar-refractivity contribution in [3.05, 3.63) is 47.3 Å². The average molecular weight is 378 g/mol. The molecule has 1 saturated heterocycles. The van der Waals surface area contributed by atoms with Crippen LogP contribution >= 0.6 is 0 Å². The third-order valence-corrected chi connectivity index (χ3v) is 6.64. The minimum Gasteiger partial charge on any atom is -0.304 e. The lowest BCUT2D eigenvalue weighted by atomic mass is 10.0. The second kappa shape index (κ2) is 7.87. The molecule has 1 aliphatic heterocycles. The number of sulfonamides is 1. The highest BCUT2D eigenvalue weighted by Crippen LogP contribution is 2.23. The molecule has 0 radical (unpaired) electrons. The molecule has 1 aliphatic rings. The maximum absolute atomic E-state index is 12.8. The number of nitrogens with zero attached hydrogens (tertiary/aromatic N) is 3. The highest BCUT2D eigenvalue weighted by Gasteiger charge is 2.27. The number of H-pyrrole nitrogens is 1. The van der Waals surface area contributed by atoms with E-state index in [1.54, 1.807) is 13.8 Å². The van der Waals surface area contributed by atoms with Gasteiger partial charge in [-0.1, -0.05) is 30.3 Å². The summed E-state index contributed by atoms with van der Waals surface area (Å²) in [6, 6.07) is 10.1. The molecule has 2 N–H and O–H groups in total. The third kappa shape index (κ3) is 4.15. The molecule has 2 heterocycles. The summed E-state index contributed by atoms with van der Waals surface area (Å²) in [5.41, 5.74) is 2.18. The molecule has 1 fully saturated rings. The molecule has 3 rings (SSSR count). The van der Waals surface area contributed by atoms with Crippen LogP contribution in [-0.4, -0.2) is 68.2 Å². The van der Waals surface area contributed by atoms with Crippen molar-refractivity contribution in [1.82, 2.24) is 24.7 Å². The Kier molecular flexibility index (Phi) is 5.76. The first kappa shape index (κ1) is 19.0. The van der Waals surface area contributed by atoms with E-state index in [0.717, 1.165) is 31.7 Å². The Hall–Kier alpha value is -1.74. The van der Waals surface area contributed by atoms with Crippen molar-refractivity contribution >= 4 is 10.0 Å². The SMILES string of the molecule is Cc1n[nH]c(C)c1S(=O)(=O)NCC(c1ccccc1)N1CCN(C)CC1. The molecular weight excluding hydrogens is 350 g/mol. The van der Waals surface area contributed by atoms with Gasteiger partial charge in [-0.2, -0.15) is 5.10 Å². The number of aromatic nitrogens is 2. The molecular formula is C18H27N5O2S. The lowest BCUT2D eigenvalue weighted by Gasteiger charge is -2.38. The molecule has 0 saturated carbocycles. The van der Waals surface area contributed by atoms with Crippen molar-refractivity contribution in [2.45, 2.75) is 24.8 Å². The van der Waals surface area contributed by atoms with Gasteiger partial charge in [0.15, 0.2) is 0 Å². The van der Waals surface area contributed by atoms with Gasteiger partial charge in [-0.3, -0.25) is 10.00 Å². The topological polar surface area (TPSA) is 81.3 Å². The summed E-state index contributed by atoms with van der Waals surface area (Å²) in [6.07, 6.45) is 0. The second-order valence-corrected chi connectivity index (χ2v) is 8.58. The molecule has 0 amide bonds. The highest BCUT2D eigenvalue weighted by atomic mass is 32.2. The summed E-state index contributed by atoms with van der Waals surface area (Å²) in [6.45, 7) is 7.56. The number of hydrogen-bond donors (Lipinski definition) is 2.